The molecular formula is C24H32N6O8. The fourth-order valence-corrected chi connectivity index (χ4v) is 3.39. The molecule has 1 heterocycles. The first-order valence-corrected chi connectivity index (χ1v) is 11.7. The second-order valence-electron chi connectivity index (χ2n) is 9.04. The Labute approximate surface area is 218 Å². The molecule has 0 aliphatic carbocycles. The third-order valence-corrected chi connectivity index (χ3v) is 5.64. The van der Waals surface area contributed by atoms with Crippen molar-refractivity contribution in [2.24, 2.45) is 11.7 Å². The van der Waals surface area contributed by atoms with Crippen LogP contribution < -0.4 is 21.7 Å². The van der Waals surface area contributed by atoms with Gasteiger partial charge in [-0.25, -0.2) is 9.78 Å². The van der Waals surface area contributed by atoms with E-state index in [0.717, 1.165) is 0 Å². The van der Waals surface area contributed by atoms with Gasteiger partial charge >= 0.3 is 11.9 Å². The first-order valence-electron chi connectivity index (χ1n) is 11.7. The summed E-state index contributed by atoms with van der Waals surface area (Å²) < 4.78 is 0. The maximum absolute atomic E-state index is 13.3. The number of hydrogen-bond acceptors (Lipinski definition) is 8. The van der Waals surface area contributed by atoms with Crippen molar-refractivity contribution in [2.45, 2.75) is 57.3 Å². The summed E-state index contributed by atoms with van der Waals surface area (Å²) in [6.07, 6.45) is 1.81. The van der Waals surface area contributed by atoms with E-state index in [1.807, 2.05) is 0 Å². The molecule has 3 amide bonds. The number of phenols is 1. The Bertz CT molecular complexity index is 1120. The summed E-state index contributed by atoms with van der Waals surface area (Å²) in [6, 6.07) is 0.536. The Morgan fingerprint density at radius 2 is 1.45 bits per heavy atom. The third-order valence-electron chi connectivity index (χ3n) is 5.64. The molecule has 1 aromatic carbocycles. The Morgan fingerprint density at radius 1 is 0.895 bits per heavy atom. The minimum atomic E-state index is -1.75. The number of imidazole rings is 1. The van der Waals surface area contributed by atoms with Crippen LogP contribution >= 0.6 is 0 Å². The van der Waals surface area contributed by atoms with Gasteiger partial charge in [-0.3, -0.25) is 19.2 Å². The zero-order valence-corrected chi connectivity index (χ0v) is 20.9. The van der Waals surface area contributed by atoms with Crippen molar-refractivity contribution >= 4 is 29.7 Å². The second kappa shape index (κ2) is 13.7. The molecule has 2 rings (SSSR count). The van der Waals surface area contributed by atoms with Crippen molar-refractivity contribution < 1.29 is 39.3 Å². The molecule has 206 valence electrons. The molecule has 0 spiro atoms. The maximum atomic E-state index is 13.3. The molecule has 0 aliphatic rings. The van der Waals surface area contributed by atoms with Gasteiger partial charge in [0.2, 0.25) is 17.7 Å². The van der Waals surface area contributed by atoms with Gasteiger partial charge in [0.25, 0.3) is 0 Å². The lowest BCUT2D eigenvalue weighted by Crippen LogP contribution is -2.58. The van der Waals surface area contributed by atoms with Crippen LogP contribution in [0.1, 0.15) is 31.5 Å². The van der Waals surface area contributed by atoms with Crippen LogP contribution in [-0.4, -0.2) is 79.1 Å². The molecule has 2 aromatic rings. The lowest BCUT2D eigenvalue weighted by Gasteiger charge is -2.25. The smallest absolute Gasteiger partial charge is 0.326 e. The van der Waals surface area contributed by atoms with Gasteiger partial charge in [0.1, 0.15) is 23.9 Å². The van der Waals surface area contributed by atoms with Crippen LogP contribution in [0, 0.1) is 5.92 Å². The third kappa shape index (κ3) is 9.20. The number of aliphatic carboxylic acids is 2. The van der Waals surface area contributed by atoms with Crippen molar-refractivity contribution in [2.75, 3.05) is 0 Å². The standard InChI is InChI=1S/C24H32N6O8/c1-12(2)20(25)23(36)29-17(8-14-10-26-11-27-14)22(35)28-16(7-13-3-5-15(31)6-4-13)21(34)30-18(24(37)38)9-19(32)33/h3-6,10-12,16-18,20,31H,7-9,25H2,1-2H3,(H,26,27)(H,28,35)(H,29,36)(H,30,34)(H,32,33)(H,37,38). The summed E-state index contributed by atoms with van der Waals surface area (Å²) in [7, 11) is 0. The zero-order chi connectivity index (χ0) is 28.4. The average molecular weight is 533 g/mol. The van der Waals surface area contributed by atoms with Crippen molar-refractivity contribution in [3.05, 3.63) is 48.0 Å². The number of phenolic OH excluding ortho intramolecular Hbond substituents is 1. The molecule has 1 aromatic heterocycles. The molecule has 9 N–H and O–H groups in total. The highest BCUT2D eigenvalue weighted by atomic mass is 16.4. The normalized spacial score (nSPS) is 14.1. The lowest BCUT2D eigenvalue weighted by atomic mass is 10.0. The summed E-state index contributed by atoms with van der Waals surface area (Å²) in [5.74, 6) is -5.58. The Kier molecular flexibility index (Phi) is 10.8. The van der Waals surface area contributed by atoms with Crippen LogP contribution in [0.15, 0.2) is 36.8 Å². The fraction of sp³-hybridized carbons (Fsp3) is 0.417. The molecular weight excluding hydrogens is 500 g/mol. The molecule has 4 unspecified atom stereocenters. The number of nitrogens with one attached hydrogen (secondary N) is 4. The minimum absolute atomic E-state index is 0.0211. The number of carboxylic acid groups (broad SMARTS) is 2. The quantitative estimate of drug-likeness (QED) is 0.146. The second-order valence-corrected chi connectivity index (χ2v) is 9.04. The summed E-state index contributed by atoms with van der Waals surface area (Å²) >= 11 is 0. The molecule has 14 heteroatoms. The van der Waals surface area contributed by atoms with Crippen molar-refractivity contribution in [1.82, 2.24) is 25.9 Å². The summed E-state index contributed by atoms with van der Waals surface area (Å²) in [4.78, 5) is 68.2. The van der Waals surface area contributed by atoms with Crippen LogP contribution in [0.3, 0.4) is 0 Å². The van der Waals surface area contributed by atoms with Gasteiger partial charge < -0.3 is 42.0 Å². The van der Waals surface area contributed by atoms with Gasteiger partial charge in [0.05, 0.1) is 18.8 Å². The van der Waals surface area contributed by atoms with Gasteiger partial charge in [-0.05, 0) is 23.6 Å². The predicted octanol–water partition coefficient (Wildman–Crippen LogP) is -1.10. The number of carboxylic acids is 2. The van der Waals surface area contributed by atoms with E-state index in [9.17, 15) is 34.2 Å². The van der Waals surface area contributed by atoms with Gasteiger partial charge in [0.15, 0.2) is 0 Å². The average Bonchev–Trinajstić information content (AvgIpc) is 3.36. The largest absolute Gasteiger partial charge is 0.508 e. The number of carbonyl (C=O) groups is 5. The number of amides is 3. The van der Waals surface area contributed by atoms with E-state index < -0.39 is 60.2 Å². The SMILES string of the molecule is CC(C)C(N)C(=O)NC(Cc1cnc[nH]1)C(=O)NC(Cc1ccc(O)cc1)C(=O)NC(CC(=O)O)C(=O)O. The van der Waals surface area contributed by atoms with E-state index in [2.05, 4.69) is 25.9 Å². The number of aromatic amines is 1. The van der Waals surface area contributed by atoms with Crippen molar-refractivity contribution in [3.8, 4) is 5.75 Å². The number of aromatic hydroxyl groups is 1. The Balaban J connectivity index is 2.31. The van der Waals surface area contributed by atoms with Crippen LogP contribution in [0.25, 0.3) is 0 Å². The predicted molar refractivity (Wildman–Crippen MR) is 133 cm³/mol. The molecule has 0 aliphatic heterocycles. The maximum Gasteiger partial charge on any atom is 0.326 e. The summed E-state index contributed by atoms with van der Waals surface area (Å²) in [5.41, 5.74) is 6.93. The topological polar surface area (TPSA) is 237 Å². The molecule has 14 nitrogen and oxygen atoms in total. The number of carbonyl (C=O) groups excluding carboxylic acids is 3. The molecule has 0 saturated carbocycles. The Morgan fingerprint density at radius 3 is 1.95 bits per heavy atom. The van der Waals surface area contributed by atoms with Crippen molar-refractivity contribution in [3.63, 3.8) is 0 Å². The monoisotopic (exact) mass is 532 g/mol. The van der Waals surface area contributed by atoms with E-state index in [4.69, 9.17) is 10.8 Å². The number of rotatable bonds is 14. The number of H-pyrrole nitrogens is 1. The number of nitrogens with two attached hydrogens (primary N) is 1. The Hall–Kier alpha value is -4.46. The number of hydrogen-bond donors (Lipinski definition) is 8. The van der Waals surface area contributed by atoms with E-state index in [-0.39, 0.29) is 24.5 Å². The molecule has 0 radical (unpaired) electrons. The first kappa shape index (κ1) is 29.8. The number of aromatic nitrogens is 2. The van der Waals surface area contributed by atoms with Gasteiger partial charge in [-0.1, -0.05) is 26.0 Å². The van der Waals surface area contributed by atoms with E-state index >= 15 is 0 Å². The summed E-state index contributed by atoms with van der Waals surface area (Å²) in [6.45, 7) is 3.48. The summed E-state index contributed by atoms with van der Waals surface area (Å²) in [5, 5.41) is 35.1. The van der Waals surface area contributed by atoms with E-state index in [1.165, 1.54) is 36.8 Å². The first-order chi connectivity index (χ1) is 17.9. The molecule has 38 heavy (non-hydrogen) atoms. The fourth-order valence-electron chi connectivity index (χ4n) is 3.39. The number of benzene rings is 1. The molecule has 0 bridgehead atoms. The number of nitrogens with zero attached hydrogens (tertiary/aromatic N) is 1. The molecule has 0 saturated heterocycles. The van der Waals surface area contributed by atoms with Gasteiger partial charge in [-0.2, -0.15) is 0 Å². The zero-order valence-electron chi connectivity index (χ0n) is 20.9. The van der Waals surface area contributed by atoms with Gasteiger partial charge in [-0.15, -0.1) is 0 Å². The van der Waals surface area contributed by atoms with Gasteiger partial charge in [0, 0.05) is 24.7 Å². The minimum Gasteiger partial charge on any atom is -0.508 e. The van der Waals surface area contributed by atoms with Crippen LogP contribution in [0.2, 0.25) is 0 Å². The highest BCUT2D eigenvalue weighted by Gasteiger charge is 2.32. The highest BCUT2D eigenvalue weighted by molar-refractivity contribution is 5.95. The highest BCUT2D eigenvalue weighted by Crippen LogP contribution is 2.12. The van der Waals surface area contributed by atoms with Crippen molar-refractivity contribution in [1.29, 1.82) is 0 Å². The van der Waals surface area contributed by atoms with Crippen LogP contribution in [0.4, 0.5) is 0 Å². The molecule has 0 fully saturated rings. The molecule has 4 atom stereocenters. The van der Waals surface area contributed by atoms with E-state index in [0.29, 0.717) is 11.3 Å². The lowest BCUT2D eigenvalue weighted by molar-refractivity contribution is -0.147. The van der Waals surface area contributed by atoms with E-state index in [1.54, 1.807) is 13.8 Å². The van der Waals surface area contributed by atoms with Crippen LogP contribution in [-0.2, 0) is 36.8 Å². The van der Waals surface area contributed by atoms with Crippen LogP contribution in [0.5, 0.6) is 5.75 Å².